The lowest BCUT2D eigenvalue weighted by atomic mass is 10.2. The van der Waals surface area contributed by atoms with E-state index in [1.165, 1.54) is 11.3 Å². The second-order valence-corrected chi connectivity index (χ2v) is 4.81. The number of methoxy groups -OCH3 is 1. The van der Waals surface area contributed by atoms with Gasteiger partial charge in [-0.25, -0.2) is 0 Å². The van der Waals surface area contributed by atoms with Gasteiger partial charge in [-0.1, -0.05) is 12.1 Å². The van der Waals surface area contributed by atoms with Gasteiger partial charge in [0.2, 0.25) is 0 Å². The van der Waals surface area contributed by atoms with Gasteiger partial charge in [-0.2, -0.15) is 11.8 Å². The third-order valence-corrected chi connectivity index (χ3v) is 3.12. The molecule has 0 saturated carbocycles. The molecule has 0 unspecified atom stereocenters. The molecular weight excluding hydrogens is 206 g/mol. The predicted molar refractivity (Wildman–Crippen MR) is 67.7 cm³/mol. The standard InChI is InChI=1S/C12H19NOS/c1-13(2)8-9-15-10-11-4-6-12(14-3)7-5-11/h4-7H,8-10H2,1-3H3. The van der Waals surface area contributed by atoms with Crippen LogP contribution in [0.25, 0.3) is 0 Å². The van der Waals surface area contributed by atoms with Gasteiger partial charge in [0.25, 0.3) is 0 Å². The Bertz CT molecular complexity index is 271. The molecule has 1 aromatic carbocycles. The SMILES string of the molecule is COc1ccc(CSCCN(C)C)cc1. The lowest BCUT2D eigenvalue weighted by Gasteiger charge is -2.08. The molecule has 0 amide bonds. The maximum atomic E-state index is 5.11. The van der Waals surface area contributed by atoms with Gasteiger partial charge in [0.15, 0.2) is 0 Å². The number of hydrogen-bond acceptors (Lipinski definition) is 3. The van der Waals surface area contributed by atoms with E-state index >= 15 is 0 Å². The average Bonchev–Trinajstić information content (AvgIpc) is 2.25. The minimum absolute atomic E-state index is 0.928. The molecule has 0 atom stereocenters. The van der Waals surface area contributed by atoms with Crippen LogP contribution < -0.4 is 4.74 Å². The molecule has 0 aliphatic carbocycles. The van der Waals surface area contributed by atoms with Crippen molar-refractivity contribution >= 4 is 11.8 Å². The van der Waals surface area contributed by atoms with Crippen LogP contribution in [0.5, 0.6) is 5.75 Å². The molecule has 0 aliphatic heterocycles. The predicted octanol–water partition coefficient (Wildman–Crippen LogP) is 2.49. The Hall–Kier alpha value is -0.670. The quantitative estimate of drug-likeness (QED) is 0.690. The van der Waals surface area contributed by atoms with Crippen LogP contribution in [0.15, 0.2) is 24.3 Å². The van der Waals surface area contributed by atoms with Gasteiger partial charge in [0.1, 0.15) is 5.75 Å². The summed E-state index contributed by atoms with van der Waals surface area (Å²) < 4.78 is 5.11. The molecule has 84 valence electrons. The fraction of sp³-hybridized carbons (Fsp3) is 0.500. The van der Waals surface area contributed by atoms with Crippen LogP contribution in [0.2, 0.25) is 0 Å². The Morgan fingerprint density at radius 2 is 1.87 bits per heavy atom. The molecule has 0 saturated heterocycles. The molecule has 1 rings (SSSR count). The first kappa shape index (κ1) is 12.4. The Balaban J connectivity index is 2.25. The summed E-state index contributed by atoms with van der Waals surface area (Å²) in [5, 5.41) is 0. The summed E-state index contributed by atoms with van der Waals surface area (Å²) in [6.07, 6.45) is 0. The highest BCUT2D eigenvalue weighted by Gasteiger charge is 1.95. The van der Waals surface area contributed by atoms with E-state index in [4.69, 9.17) is 4.74 Å². The largest absolute Gasteiger partial charge is 0.497 e. The van der Waals surface area contributed by atoms with Crippen LogP contribution in [-0.2, 0) is 5.75 Å². The van der Waals surface area contributed by atoms with Gasteiger partial charge in [0, 0.05) is 18.1 Å². The first-order valence-electron chi connectivity index (χ1n) is 5.08. The van der Waals surface area contributed by atoms with Gasteiger partial charge < -0.3 is 9.64 Å². The summed E-state index contributed by atoms with van der Waals surface area (Å²) >= 11 is 1.97. The highest BCUT2D eigenvalue weighted by Crippen LogP contribution is 2.16. The topological polar surface area (TPSA) is 12.5 Å². The molecule has 1 aromatic rings. The Kier molecular flexibility index (Phi) is 5.58. The molecule has 2 nitrogen and oxygen atoms in total. The fourth-order valence-electron chi connectivity index (χ4n) is 1.16. The molecule has 0 spiro atoms. The summed E-state index contributed by atoms with van der Waals surface area (Å²) in [5.41, 5.74) is 1.36. The maximum Gasteiger partial charge on any atom is 0.118 e. The molecule has 0 heterocycles. The molecule has 3 heteroatoms. The number of rotatable bonds is 6. The molecular formula is C12H19NOS. The number of ether oxygens (including phenoxy) is 1. The smallest absolute Gasteiger partial charge is 0.118 e. The van der Waals surface area contributed by atoms with Crippen molar-refractivity contribution in [2.24, 2.45) is 0 Å². The van der Waals surface area contributed by atoms with E-state index in [2.05, 4.69) is 31.1 Å². The third kappa shape index (κ3) is 5.09. The Morgan fingerprint density at radius 1 is 1.20 bits per heavy atom. The lowest BCUT2D eigenvalue weighted by Crippen LogP contribution is -2.14. The second kappa shape index (κ2) is 6.75. The highest BCUT2D eigenvalue weighted by atomic mass is 32.2. The van der Waals surface area contributed by atoms with Crippen molar-refractivity contribution in [3.63, 3.8) is 0 Å². The molecule has 0 N–H and O–H groups in total. The van der Waals surface area contributed by atoms with Crippen molar-refractivity contribution < 1.29 is 4.74 Å². The molecule has 15 heavy (non-hydrogen) atoms. The van der Waals surface area contributed by atoms with Crippen molar-refractivity contribution in [3.05, 3.63) is 29.8 Å². The van der Waals surface area contributed by atoms with Gasteiger partial charge in [0.05, 0.1) is 7.11 Å². The lowest BCUT2D eigenvalue weighted by molar-refractivity contribution is 0.414. The number of hydrogen-bond donors (Lipinski definition) is 0. The van der Waals surface area contributed by atoms with Crippen molar-refractivity contribution in [3.8, 4) is 5.75 Å². The highest BCUT2D eigenvalue weighted by molar-refractivity contribution is 7.98. The van der Waals surface area contributed by atoms with Crippen LogP contribution in [0.1, 0.15) is 5.56 Å². The van der Waals surface area contributed by atoms with E-state index in [-0.39, 0.29) is 0 Å². The summed E-state index contributed by atoms with van der Waals surface area (Å²) in [6.45, 7) is 1.14. The monoisotopic (exact) mass is 225 g/mol. The maximum absolute atomic E-state index is 5.11. The van der Waals surface area contributed by atoms with Gasteiger partial charge in [-0.05, 0) is 31.8 Å². The zero-order valence-electron chi connectivity index (χ0n) is 9.69. The van der Waals surface area contributed by atoms with E-state index in [0.29, 0.717) is 0 Å². The first-order chi connectivity index (χ1) is 7.22. The van der Waals surface area contributed by atoms with Crippen LogP contribution >= 0.6 is 11.8 Å². The number of benzene rings is 1. The number of nitrogens with zero attached hydrogens (tertiary/aromatic N) is 1. The fourth-order valence-corrected chi connectivity index (χ4v) is 2.23. The Morgan fingerprint density at radius 3 is 2.40 bits per heavy atom. The Labute approximate surface area is 96.6 Å². The second-order valence-electron chi connectivity index (χ2n) is 3.70. The van der Waals surface area contributed by atoms with E-state index in [1.54, 1.807) is 7.11 Å². The van der Waals surface area contributed by atoms with E-state index in [1.807, 2.05) is 23.9 Å². The van der Waals surface area contributed by atoms with Crippen LogP contribution in [0, 0.1) is 0 Å². The normalized spacial score (nSPS) is 10.7. The summed E-state index contributed by atoms with van der Waals surface area (Å²) in [6, 6.07) is 8.28. The zero-order chi connectivity index (χ0) is 11.1. The van der Waals surface area contributed by atoms with E-state index in [0.717, 1.165) is 18.0 Å². The summed E-state index contributed by atoms with van der Waals surface area (Å²) in [4.78, 5) is 2.21. The van der Waals surface area contributed by atoms with Crippen molar-refractivity contribution in [2.75, 3.05) is 33.5 Å². The van der Waals surface area contributed by atoms with Crippen molar-refractivity contribution in [1.29, 1.82) is 0 Å². The minimum atomic E-state index is 0.928. The molecule has 0 bridgehead atoms. The van der Waals surface area contributed by atoms with Gasteiger partial charge in [-0.3, -0.25) is 0 Å². The van der Waals surface area contributed by atoms with Crippen LogP contribution in [0.4, 0.5) is 0 Å². The van der Waals surface area contributed by atoms with E-state index in [9.17, 15) is 0 Å². The molecule has 0 aromatic heterocycles. The molecule has 0 aliphatic rings. The average molecular weight is 225 g/mol. The third-order valence-electron chi connectivity index (χ3n) is 2.11. The van der Waals surface area contributed by atoms with Crippen LogP contribution in [-0.4, -0.2) is 38.4 Å². The molecule has 0 fully saturated rings. The molecule has 0 radical (unpaired) electrons. The first-order valence-corrected chi connectivity index (χ1v) is 6.23. The van der Waals surface area contributed by atoms with Gasteiger partial charge in [-0.15, -0.1) is 0 Å². The van der Waals surface area contributed by atoms with Gasteiger partial charge >= 0.3 is 0 Å². The van der Waals surface area contributed by atoms with Crippen molar-refractivity contribution in [2.45, 2.75) is 5.75 Å². The van der Waals surface area contributed by atoms with Crippen molar-refractivity contribution in [1.82, 2.24) is 4.90 Å². The van der Waals surface area contributed by atoms with Crippen LogP contribution in [0.3, 0.4) is 0 Å². The summed E-state index contributed by atoms with van der Waals surface area (Å²) in [5.74, 6) is 3.19. The minimum Gasteiger partial charge on any atom is -0.497 e. The summed E-state index contributed by atoms with van der Waals surface area (Å²) in [7, 11) is 5.91. The van der Waals surface area contributed by atoms with E-state index < -0.39 is 0 Å². The zero-order valence-corrected chi connectivity index (χ0v) is 10.5. The number of thioether (sulfide) groups is 1.